The Bertz CT molecular complexity index is 392. The van der Waals surface area contributed by atoms with Crippen LogP contribution in [0.2, 0.25) is 0 Å². The van der Waals surface area contributed by atoms with Gasteiger partial charge in [-0.1, -0.05) is 11.8 Å². The molecule has 2 heterocycles. The molecule has 2 rings (SSSR count). The van der Waals surface area contributed by atoms with Gasteiger partial charge in [-0.2, -0.15) is 0 Å². The molecule has 18 heavy (non-hydrogen) atoms. The van der Waals surface area contributed by atoms with Crippen molar-refractivity contribution < 1.29 is 0 Å². The van der Waals surface area contributed by atoms with Gasteiger partial charge in [0.15, 0.2) is 5.16 Å². The molecule has 1 aliphatic heterocycles. The van der Waals surface area contributed by atoms with Gasteiger partial charge in [-0.05, 0) is 39.1 Å². The van der Waals surface area contributed by atoms with Crippen molar-refractivity contribution in [2.24, 2.45) is 0 Å². The number of likely N-dealkylation sites (tertiary alicyclic amines) is 1. The molecule has 0 radical (unpaired) electrons. The molecule has 3 N–H and O–H groups in total. The van der Waals surface area contributed by atoms with E-state index >= 15 is 0 Å². The summed E-state index contributed by atoms with van der Waals surface area (Å²) in [6.45, 7) is 5.66. The van der Waals surface area contributed by atoms with Gasteiger partial charge < -0.3 is 16.0 Å². The summed E-state index contributed by atoms with van der Waals surface area (Å²) in [6.07, 6.45) is 4.60. The minimum Gasteiger partial charge on any atom is -0.383 e. The molecule has 6 heteroatoms. The van der Waals surface area contributed by atoms with Crippen molar-refractivity contribution >= 4 is 23.4 Å². The summed E-state index contributed by atoms with van der Waals surface area (Å²) in [7, 11) is 0. The number of nitrogens with two attached hydrogens (primary N) is 1. The molecule has 0 bridgehead atoms. The number of hydrogen-bond donors (Lipinski definition) is 2. The van der Waals surface area contributed by atoms with Gasteiger partial charge in [0.1, 0.15) is 11.6 Å². The number of anilines is 2. The van der Waals surface area contributed by atoms with Crippen molar-refractivity contribution in [1.82, 2.24) is 14.9 Å². The predicted octanol–water partition coefficient (Wildman–Crippen LogP) is 1.68. The molecule has 100 valence electrons. The fourth-order valence-electron chi connectivity index (χ4n) is 2.26. The molecule has 1 aromatic rings. The maximum absolute atomic E-state index is 5.76. The molecule has 0 saturated carbocycles. The van der Waals surface area contributed by atoms with E-state index in [1.54, 1.807) is 6.07 Å². The Balaban J connectivity index is 1.93. The van der Waals surface area contributed by atoms with Gasteiger partial charge in [-0.15, -0.1) is 0 Å². The van der Waals surface area contributed by atoms with Gasteiger partial charge in [0.05, 0.1) is 0 Å². The minimum atomic E-state index is 0.368. The highest BCUT2D eigenvalue weighted by Crippen LogP contribution is 2.16. The molecule has 0 spiro atoms. The van der Waals surface area contributed by atoms with Gasteiger partial charge >= 0.3 is 0 Å². The zero-order valence-electron chi connectivity index (χ0n) is 11.0. The quantitative estimate of drug-likeness (QED) is 0.625. The van der Waals surface area contributed by atoms with Crippen LogP contribution < -0.4 is 11.1 Å². The topological polar surface area (TPSA) is 67.1 Å². The summed E-state index contributed by atoms with van der Waals surface area (Å²) >= 11 is 1.50. The fourth-order valence-corrected chi connectivity index (χ4v) is 2.65. The van der Waals surface area contributed by atoms with E-state index < -0.39 is 0 Å². The second-order valence-electron chi connectivity index (χ2n) is 4.72. The molecule has 0 aromatic carbocycles. The SMILES string of the molecule is CSc1nc(N)cc(NC(C)CN2CCCC2)n1. The van der Waals surface area contributed by atoms with Crippen molar-refractivity contribution in [3.63, 3.8) is 0 Å². The number of nitrogens with zero attached hydrogens (tertiary/aromatic N) is 3. The normalized spacial score (nSPS) is 17.9. The van der Waals surface area contributed by atoms with Crippen molar-refractivity contribution in [1.29, 1.82) is 0 Å². The number of rotatable bonds is 5. The molecule has 5 nitrogen and oxygen atoms in total. The van der Waals surface area contributed by atoms with E-state index in [0.717, 1.165) is 12.4 Å². The number of aromatic nitrogens is 2. The Labute approximate surface area is 113 Å². The molecule has 1 atom stereocenters. The smallest absolute Gasteiger partial charge is 0.191 e. The third kappa shape index (κ3) is 3.74. The van der Waals surface area contributed by atoms with Crippen molar-refractivity contribution in [2.75, 3.05) is 36.9 Å². The maximum atomic E-state index is 5.76. The Kier molecular flexibility index (Phi) is 4.66. The summed E-state index contributed by atoms with van der Waals surface area (Å²) in [6, 6.07) is 2.16. The van der Waals surface area contributed by atoms with Crippen LogP contribution in [0, 0.1) is 0 Å². The number of nitrogen functional groups attached to an aromatic ring is 1. The number of nitrogens with one attached hydrogen (secondary N) is 1. The van der Waals surface area contributed by atoms with Crippen LogP contribution in [-0.4, -0.2) is 46.8 Å². The Morgan fingerprint density at radius 3 is 2.83 bits per heavy atom. The minimum absolute atomic E-state index is 0.368. The Morgan fingerprint density at radius 1 is 1.44 bits per heavy atom. The first kappa shape index (κ1) is 13.4. The molecular weight excluding hydrogens is 246 g/mol. The largest absolute Gasteiger partial charge is 0.383 e. The summed E-state index contributed by atoms with van der Waals surface area (Å²) < 4.78 is 0. The average molecular weight is 267 g/mol. The lowest BCUT2D eigenvalue weighted by molar-refractivity contribution is 0.327. The van der Waals surface area contributed by atoms with Crippen LogP contribution in [0.25, 0.3) is 0 Å². The number of hydrogen-bond acceptors (Lipinski definition) is 6. The van der Waals surface area contributed by atoms with E-state index in [4.69, 9.17) is 5.73 Å². The zero-order valence-corrected chi connectivity index (χ0v) is 11.8. The maximum Gasteiger partial charge on any atom is 0.191 e. The van der Waals surface area contributed by atoms with Gasteiger partial charge in [0, 0.05) is 18.7 Å². The van der Waals surface area contributed by atoms with Crippen molar-refractivity contribution in [2.45, 2.75) is 31.0 Å². The van der Waals surface area contributed by atoms with Gasteiger partial charge in [0.25, 0.3) is 0 Å². The van der Waals surface area contributed by atoms with Crippen LogP contribution >= 0.6 is 11.8 Å². The van der Waals surface area contributed by atoms with Crippen molar-refractivity contribution in [3.05, 3.63) is 6.07 Å². The third-order valence-electron chi connectivity index (χ3n) is 3.03. The van der Waals surface area contributed by atoms with Crippen LogP contribution in [0.1, 0.15) is 19.8 Å². The number of thioether (sulfide) groups is 1. The van der Waals surface area contributed by atoms with Crippen LogP contribution in [0.15, 0.2) is 11.2 Å². The highest BCUT2D eigenvalue weighted by atomic mass is 32.2. The molecule has 1 fully saturated rings. The molecule has 1 aliphatic rings. The van der Waals surface area contributed by atoms with Crippen LogP contribution in [0.3, 0.4) is 0 Å². The highest BCUT2D eigenvalue weighted by Gasteiger charge is 2.15. The first-order valence-electron chi connectivity index (χ1n) is 6.35. The molecule has 1 saturated heterocycles. The van der Waals surface area contributed by atoms with E-state index in [2.05, 4.69) is 27.1 Å². The second kappa shape index (κ2) is 6.24. The fraction of sp³-hybridized carbons (Fsp3) is 0.667. The van der Waals surface area contributed by atoms with Crippen molar-refractivity contribution in [3.8, 4) is 0 Å². The molecule has 0 aliphatic carbocycles. The van der Waals surface area contributed by atoms with Gasteiger partial charge in [-0.3, -0.25) is 0 Å². The van der Waals surface area contributed by atoms with E-state index in [9.17, 15) is 0 Å². The monoisotopic (exact) mass is 267 g/mol. The summed E-state index contributed by atoms with van der Waals surface area (Å²) in [5.41, 5.74) is 5.76. The van der Waals surface area contributed by atoms with E-state index in [-0.39, 0.29) is 0 Å². The lowest BCUT2D eigenvalue weighted by Crippen LogP contribution is -2.33. The standard InChI is InChI=1S/C12H21N5S/c1-9(8-17-5-3-4-6-17)14-11-7-10(13)15-12(16-11)18-2/h7,9H,3-6,8H2,1-2H3,(H3,13,14,15,16). The van der Waals surface area contributed by atoms with Crippen LogP contribution in [0.4, 0.5) is 11.6 Å². The summed E-state index contributed by atoms with van der Waals surface area (Å²) in [5.74, 6) is 1.34. The zero-order chi connectivity index (χ0) is 13.0. The Hall–Kier alpha value is -1.01. The summed E-state index contributed by atoms with van der Waals surface area (Å²) in [4.78, 5) is 11.0. The molecule has 0 amide bonds. The molecule has 1 unspecified atom stereocenters. The molecule has 1 aromatic heterocycles. The predicted molar refractivity (Wildman–Crippen MR) is 77.0 cm³/mol. The van der Waals surface area contributed by atoms with E-state index in [1.807, 2.05) is 6.26 Å². The van der Waals surface area contributed by atoms with Crippen LogP contribution in [-0.2, 0) is 0 Å². The lowest BCUT2D eigenvalue weighted by Gasteiger charge is -2.21. The summed E-state index contributed by atoms with van der Waals surface area (Å²) in [5, 5.41) is 4.11. The van der Waals surface area contributed by atoms with Gasteiger partial charge in [-0.25, -0.2) is 9.97 Å². The van der Waals surface area contributed by atoms with E-state index in [1.165, 1.54) is 37.7 Å². The van der Waals surface area contributed by atoms with Gasteiger partial charge in [0.2, 0.25) is 0 Å². The average Bonchev–Trinajstić information content (AvgIpc) is 2.80. The lowest BCUT2D eigenvalue weighted by atomic mass is 10.3. The molecular formula is C12H21N5S. The first-order chi connectivity index (χ1) is 8.67. The Morgan fingerprint density at radius 2 is 2.17 bits per heavy atom. The van der Waals surface area contributed by atoms with E-state index in [0.29, 0.717) is 17.0 Å². The first-order valence-corrected chi connectivity index (χ1v) is 7.57. The third-order valence-corrected chi connectivity index (χ3v) is 3.58. The second-order valence-corrected chi connectivity index (χ2v) is 5.49. The van der Waals surface area contributed by atoms with Crippen LogP contribution in [0.5, 0.6) is 0 Å². The highest BCUT2D eigenvalue weighted by molar-refractivity contribution is 7.98.